The van der Waals surface area contributed by atoms with E-state index >= 15 is 0 Å². The Labute approximate surface area is 133 Å². The molecule has 0 aliphatic carbocycles. The molecule has 6 heteroatoms. The Morgan fingerprint density at radius 3 is 2.70 bits per heavy atom. The number of rotatable bonds is 2. The SMILES string of the molecule is C[C@@H]1CCCCN1C(=O)Cn1c(=O)n(C)c(=O)c2ccccc21. The number of hydrogen-bond donors (Lipinski definition) is 0. The van der Waals surface area contributed by atoms with Crippen molar-refractivity contribution >= 4 is 16.8 Å². The Bertz CT molecular complexity index is 865. The van der Waals surface area contributed by atoms with Crippen molar-refractivity contribution in [2.24, 2.45) is 7.05 Å². The van der Waals surface area contributed by atoms with Crippen molar-refractivity contribution < 1.29 is 4.79 Å². The summed E-state index contributed by atoms with van der Waals surface area (Å²) in [6.45, 7) is 2.74. The molecule has 1 aromatic carbocycles. The van der Waals surface area contributed by atoms with E-state index in [1.165, 1.54) is 11.6 Å². The van der Waals surface area contributed by atoms with E-state index in [0.29, 0.717) is 10.9 Å². The van der Waals surface area contributed by atoms with Crippen LogP contribution in [0.25, 0.3) is 10.9 Å². The van der Waals surface area contributed by atoms with Gasteiger partial charge < -0.3 is 4.90 Å². The molecule has 3 rings (SSSR count). The molecule has 122 valence electrons. The number of piperidine rings is 1. The number of amides is 1. The molecule has 1 fully saturated rings. The average molecular weight is 315 g/mol. The molecule has 0 spiro atoms. The lowest BCUT2D eigenvalue weighted by Gasteiger charge is -2.33. The van der Waals surface area contributed by atoms with Crippen molar-refractivity contribution in [1.29, 1.82) is 0 Å². The summed E-state index contributed by atoms with van der Waals surface area (Å²) in [5, 5.41) is 0.453. The van der Waals surface area contributed by atoms with Crippen LogP contribution in [0.4, 0.5) is 0 Å². The number of nitrogens with zero attached hydrogens (tertiary/aromatic N) is 3. The molecule has 1 saturated heterocycles. The summed E-state index contributed by atoms with van der Waals surface area (Å²) in [6, 6.07) is 7.12. The number of hydrogen-bond acceptors (Lipinski definition) is 3. The van der Waals surface area contributed by atoms with Gasteiger partial charge in [0.2, 0.25) is 5.91 Å². The van der Waals surface area contributed by atoms with Gasteiger partial charge in [0.15, 0.2) is 0 Å². The molecule has 0 N–H and O–H groups in total. The Balaban J connectivity index is 2.05. The highest BCUT2D eigenvalue weighted by Crippen LogP contribution is 2.17. The number of likely N-dealkylation sites (tertiary alicyclic amines) is 1. The lowest BCUT2D eigenvalue weighted by atomic mass is 10.0. The standard InChI is InChI=1S/C17H21N3O3/c1-12-7-5-6-10-19(12)15(21)11-20-14-9-4-3-8-13(14)16(22)18(2)17(20)23/h3-4,8-9,12H,5-7,10-11H2,1-2H3/t12-/m1/s1. The zero-order valence-corrected chi connectivity index (χ0v) is 13.5. The highest BCUT2D eigenvalue weighted by molar-refractivity contribution is 5.81. The van der Waals surface area contributed by atoms with Crippen molar-refractivity contribution in [3.05, 3.63) is 45.1 Å². The van der Waals surface area contributed by atoms with Gasteiger partial charge in [-0.25, -0.2) is 4.79 Å². The summed E-state index contributed by atoms with van der Waals surface area (Å²) < 4.78 is 2.47. The maximum Gasteiger partial charge on any atom is 0.331 e. The van der Waals surface area contributed by atoms with Gasteiger partial charge >= 0.3 is 5.69 Å². The van der Waals surface area contributed by atoms with Crippen LogP contribution in [0.2, 0.25) is 0 Å². The van der Waals surface area contributed by atoms with Crippen LogP contribution in [0.15, 0.2) is 33.9 Å². The molecular formula is C17H21N3O3. The maximum absolute atomic E-state index is 12.6. The van der Waals surface area contributed by atoms with E-state index in [2.05, 4.69) is 0 Å². The van der Waals surface area contributed by atoms with E-state index in [-0.39, 0.29) is 24.1 Å². The number of para-hydroxylation sites is 1. The Morgan fingerprint density at radius 1 is 1.22 bits per heavy atom. The van der Waals surface area contributed by atoms with Gasteiger partial charge in [-0.2, -0.15) is 0 Å². The van der Waals surface area contributed by atoms with Gasteiger partial charge in [-0.1, -0.05) is 12.1 Å². The highest BCUT2D eigenvalue weighted by atomic mass is 16.2. The van der Waals surface area contributed by atoms with Gasteiger partial charge in [0.05, 0.1) is 10.9 Å². The van der Waals surface area contributed by atoms with E-state index in [1.807, 2.05) is 11.8 Å². The number of aromatic nitrogens is 2. The lowest BCUT2D eigenvalue weighted by molar-refractivity contribution is -0.135. The normalized spacial score (nSPS) is 18.3. The fraction of sp³-hybridized carbons (Fsp3) is 0.471. The molecule has 1 amide bonds. The van der Waals surface area contributed by atoms with Crippen LogP contribution >= 0.6 is 0 Å². The minimum atomic E-state index is -0.452. The van der Waals surface area contributed by atoms with E-state index in [0.717, 1.165) is 30.4 Å². The van der Waals surface area contributed by atoms with Crippen LogP contribution in [-0.4, -0.2) is 32.5 Å². The van der Waals surface area contributed by atoms with Gasteiger partial charge in [-0.3, -0.25) is 18.7 Å². The fourth-order valence-electron chi connectivity index (χ4n) is 3.29. The van der Waals surface area contributed by atoms with Crippen molar-refractivity contribution in [3.8, 4) is 0 Å². The quantitative estimate of drug-likeness (QED) is 0.833. The van der Waals surface area contributed by atoms with Crippen molar-refractivity contribution in [2.45, 2.75) is 38.8 Å². The summed E-state index contributed by atoms with van der Waals surface area (Å²) in [5.41, 5.74) is -0.272. The van der Waals surface area contributed by atoms with Gasteiger partial charge in [-0.05, 0) is 38.3 Å². The predicted octanol–water partition coefficient (Wildman–Crippen LogP) is 1.10. The van der Waals surface area contributed by atoms with Crippen LogP contribution in [-0.2, 0) is 18.4 Å². The van der Waals surface area contributed by atoms with E-state index in [4.69, 9.17) is 0 Å². The zero-order chi connectivity index (χ0) is 16.6. The van der Waals surface area contributed by atoms with Gasteiger partial charge in [0, 0.05) is 19.6 Å². The molecule has 2 heterocycles. The first-order valence-corrected chi connectivity index (χ1v) is 7.98. The summed E-state index contributed by atoms with van der Waals surface area (Å²) in [7, 11) is 1.45. The summed E-state index contributed by atoms with van der Waals surface area (Å²) in [4.78, 5) is 39.1. The molecular weight excluding hydrogens is 294 g/mol. The molecule has 1 atom stereocenters. The smallest absolute Gasteiger partial charge is 0.331 e. The first-order chi connectivity index (χ1) is 11.0. The monoisotopic (exact) mass is 315 g/mol. The molecule has 23 heavy (non-hydrogen) atoms. The summed E-state index contributed by atoms with van der Waals surface area (Å²) >= 11 is 0. The van der Waals surface area contributed by atoms with E-state index < -0.39 is 5.69 Å². The molecule has 1 aromatic heterocycles. The minimum Gasteiger partial charge on any atom is -0.338 e. The van der Waals surface area contributed by atoms with Crippen LogP contribution in [0, 0.1) is 0 Å². The second kappa shape index (κ2) is 6.02. The van der Waals surface area contributed by atoms with Crippen LogP contribution in [0.1, 0.15) is 26.2 Å². The van der Waals surface area contributed by atoms with E-state index in [9.17, 15) is 14.4 Å². The number of fused-ring (bicyclic) bond motifs is 1. The number of carbonyl (C=O) groups excluding carboxylic acids is 1. The molecule has 6 nitrogen and oxygen atoms in total. The molecule has 1 aliphatic rings. The Hall–Kier alpha value is -2.37. The second-order valence-corrected chi connectivity index (χ2v) is 6.18. The third-order valence-corrected chi connectivity index (χ3v) is 4.66. The topological polar surface area (TPSA) is 64.3 Å². The molecule has 2 aromatic rings. The maximum atomic E-state index is 12.6. The first kappa shape index (κ1) is 15.5. The Morgan fingerprint density at radius 2 is 1.96 bits per heavy atom. The molecule has 0 saturated carbocycles. The Kier molecular flexibility index (Phi) is 4.07. The molecule has 0 radical (unpaired) electrons. The van der Waals surface area contributed by atoms with E-state index in [1.54, 1.807) is 24.3 Å². The van der Waals surface area contributed by atoms with Crippen LogP contribution in [0.5, 0.6) is 0 Å². The van der Waals surface area contributed by atoms with Crippen LogP contribution < -0.4 is 11.2 Å². The molecule has 0 bridgehead atoms. The van der Waals surface area contributed by atoms with Crippen LogP contribution in [0.3, 0.4) is 0 Å². The predicted molar refractivity (Wildman–Crippen MR) is 88.5 cm³/mol. The highest BCUT2D eigenvalue weighted by Gasteiger charge is 2.24. The average Bonchev–Trinajstić information content (AvgIpc) is 2.57. The number of carbonyl (C=O) groups is 1. The number of benzene rings is 1. The summed E-state index contributed by atoms with van der Waals surface area (Å²) in [5.74, 6) is -0.0666. The van der Waals surface area contributed by atoms with Gasteiger partial charge in [0.1, 0.15) is 6.54 Å². The zero-order valence-electron chi connectivity index (χ0n) is 13.5. The largest absolute Gasteiger partial charge is 0.338 e. The van der Waals surface area contributed by atoms with Crippen molar-refractivity contribution in [1.82, 2.24) is 14.0 Å². The van der Waals surface area contributed by atoms with Gasteiger partial charge in [0.25, 0.3) is 5.56 Å². The third-order valence-electron chi connectivity index (χ3n) is 4.66. The first-order valence-electron chi connectivity index (χ1n) is 7.98. The molecule has 1 aliphatic heterocycles. The third kappa shape index (κ3) is 2.69. The molecule has 0 unspecified atom stereocenters. The van der Waals surface area contributed by atoms with Crippen molar-refractivity contribution in [2.75, 3.05) is 6.54 Å². The fourth-order valence-corrected chi connectivity index (χ4v) is 3.29. The minimum absolute atomic E-state index is 0.0300. The van der Waals surface area contributed by atoms with Crippen molar-refractivity contribution in [3.63, 3.8) is 0 Å². The summed E-state index contributed by atoms with van der Waals surface area (Å²) in [6.07, 6.45) is 3.13. The van der Waals surface area contributed by atoms with Gasteiger partial charge in [-0.15, -0.1) is 0 Å². The lowest BCUT2D eigenvalue weighted by Crippen LogP contribution is -2.46. The second-order valence-electron chi connectivity index (χ2n) is 6.18.